The molecule has 1 aliphatic rings. The fourth-order valence-corrected chi connectivity index (χ4v) is 2.49. The van der Waals surface area contributed by atoms with Gasteiger partial charge in [0.1, 0.15) is 0 Å². The van der Waals surface area contributed by atoms with E-state index in [-0.39, 0.29) is 0 Å². The van der Waals surface area contributed by atoms with Gasteiger partial charge < -0.3 is 10.6 Å². The molecule has 0 aliphatic carbocycles. The predicted molar refractivity (Wildman–Crippen MR) is 72.7 cm³/mol. The first-order chi connectivity index (χ1) is 8.53. The Morgan fingerprint density at radius 2 is 1.89 bits per heavy atom. The molecule has 100 valence electrons. The Balaban J connectivity index is 2.02. The second kappa shape index (κ2) is 5.55. The fraction of sp³-hybridized carbons (Fsp3) is 0.455. The zero-order valence-corrected chi connectivity index (χ0v) is 10.8. The van der Waals surface area contributed by atoms with Crippen molar-refractivity contribution in [2.24, 2.45) is 5.14 Å². The minimum absolute atomic E-state index is 0.427. The van der Waals surface area contributed by atoms with Crippen LogP contribution in [0.15, 0.2) is 24.3 Å². The lowest BCUT2D eigenvalue weighted by Crippen LogP contribution is -2.35. The van der Waals surface area contributed by atoms with E-state index in [2.05, 4.69) is 15.4 Å². The number of nitrogens with two attached hydrogens (primary N) is 1. The highest BCUT2D eigenvalue weighted by Crippen LogP contribution is 2.18. The van der Waals surface area contributed by atoms with Gasteiger partial charge in [0.05, 0.1) is 5.69 Å². The van der Waals surface area contributed by atoms with Gasteiger partial charge in [0.2, 0.25) is 0 Å². The zero-order valence-electron chi connectivity index (χ0n) is 10.0. The van der Waals surface area contributed by atoms with E-state index in [9.17, 15) is 8.42 Å². The van der Waals surface area contributed by atoms with Gasteiger partial charge in [-0.15, -0.1) is 0 Å². The summed E-state index contributed by atoms with van der Waals surface area (Å²) in [5.41, 5.74) is 1.37. The second-order valence-electron chi connectivity index (χ2n) is 4.40. The maximum absolute atomic E-state index is 10.9. The molecule has 0 unspecified atom stereocenters. The SMILES string of the molecule is NS(=O)(=O)Nc1cccc(NC2CCNCC2)c1. The molecule has 1 heterocycles. The van der Waals surface area contributed by atoms with Crippen LogP contribution in [0.25, 0.3) is 0 Å². The summed E-state index contributed by atoms with van der Waals surface area (Å²) in [6.07, 6.45) is 2.12. The molecule has 1 aromatic carbocycles. The van der Waals surface area contributed by atoms with Crippen LogP contribution in [0.4, 0.5) is 11.4 Å². The number of piperidine rings is 1. The minimum Gasteiger partial charge on any atom is -0.382 e. The quantitative estimate of drug-likeness (QED) is 0.639. The first kappa shape index (κ1) is 13.1. The highest BCUT2D eigenvalue weighted by Gasteiger charge is 2.12. The molecular weight excluding hydrogens is 252 g/mol. The molecule has 0 atom stereocenters. The van der Waals surface area contributed by atoms with Crippen LogP contribution in [-0.2, 0) is 10.2 Å². The van der Waals surface area contributed by atoms with Crippen molar-refractivity contribution < 1.29 is 8.42 Å². The number of hydrogen-bond acceptors (Lipinski definition) is 4. The Morgan fingerprint density at radius 1 is 1.22 bits per heavy atom. The van der Waals surface area contributed by atoms with Crippen LogP contribution < -0.4 is 20.5 Å². The Bertz CT molecular complexity index is 498. The standard InChI is InChI=1S/C11H18N4O2S/c12-18(16,17)15-11-3-1-2-10(8-11)14-9-4-6-13-7-5-9/h1-3,8-9,13-15H,4-7H2,(H2,12,16,17). The minimum atomic E-state index is -3.71. The molecule has 1 fully saturated rings. The predicted octanol–water partition coefficient (Wildman–Crippen LogP) is 0.466. The van der Waals surface area contributed by atoms with Crippen molar-refractivity contribution in [1.29, 1.82) is 0 Å². The number of anilines is 2. The largest absolute Gasteiger partial charge is 0.382 e. The Labute approximate surface area is 107 Å². The molecule has 2 rings (SSSR count). The molecule has 0 saturated carbocycles. The van der Waals surface area contributed by atoms with Crippen LogP contribution in [0.2, 0.25) is 0 Å². The summed E-state index contributed by atoms with van der Waals surface area (Å²) in [4.78, 5) is 0. The third-order valence-corrected chi connectivity index (χ3v) is 3.35. The number of nitrogens with one attached hydrogen (secondary N) is 3. The van der Waals surface area contributed by atoms with Gasteiger partial charge in [0, 0.05) is 11.7 Å². The highest BCUT2D eigenvalue weighted by atomic mass is 32.2. The van der Waals surface area contributed by atoms with Gasteiger partial charge in [-0.2, -0.15) is 8.42 Å². The average Bonchev–Trinajstić information content (AvgIpc) is 2.28. The van der Waals surface area contributed by atoms with Gasteiger partial charge in [-0.25, -0.2) is 5.14 Å². The molecule has 6 nitrogen and oxygen atoms in total. The van der Waals surface area contributed by atoms with Crippen LogP contribution in [0, 0.1) is 0 Å². The molecule has 5 N–H and O–H groups in total. The first-order valence-corrected chi connectivity index (χ1v) is 7.45. The van der Waals surface area contributed by atoms with Crippen molar-refractivity contribution in [2.75, 3.05) is 23.1 Å². The van der Waals surface area contributed by atoms with Crippen LogP contribution in [0.3, 0.4) is 0 Å². The Hall–Kier alpha value is -1.31. The van der Waals surface area contributed by atoms with Crippen molar-refractivity contribution in [3.8, 4) is 0 Å². The van der Waals surface area contributed by atoms with Crippen molar-refractivity contribution in [1.82, 2.24) is 5.32 Å². The first-order valence-electron chi connectivity index (χ1n) is 5.91. The summed E-state index contributed by atoms with van der Waals surface area (Å²) in [5.74, 6) is 0. The Morgan fingerprint density at radius 3 is 2.56 bits per heavy atom. The summed E-state index contributed by atoms with van der Waals surface area (Å²) in [5, 5.41) is 11.6. The zero-order chi connectivity index (χ0) is 13.0. The van der Waals surface area contributed by atoms with Crippen LogP contribution in [-0.4, -0.2) is 27.5 Å². The average molecular weight is 270 g/mol. The van der Waals surface area contributed by atoms with Crippen LogP contribution in [0.5, 0.6) is 0 Å². The smallest absolute Gasteiger partial charge is 0.296 e. The van der Waals surface area contributed by atoms with E-state index in [1.54, 1.807) is 18.2 Å². The summed E-state index contributed by atoms with van der Waals surface area (Å²) in [6, 6.07) is 7.54. The molecule has 0 spiro atoms. The Kier molecular flexibility index (Phi) is 4.05. The molecule has 1 aliphatic heterocycles. The topological polar surface area (TPSA) is 96.2 Å². The van der Waals surface area contributed by atoms with E-state index < -0.39 is 10.2 Å². The van der Waals surface area contributed by atoms with Gasteiger partial charge in [0.15, 0.2) is 0 Å². The van der Waals surface area contributed by atoms with E-state index >= 15 is 0 Å². The van der Waals surface area contributed by atoms with E-state index in [1.807, 2.05) is 6.07 Å². The maximum Gasteiger partial charge on any atom is 0.296 e. The maximum atomic E-state index is 10.9. The van der Waals surface area contributed by atoms with Crippen molar-refractivity contribution in [3.05, 3.63) is 24.3 Å². The third-order valence-electron chi connectivity index (χ3n) is 2.83. The van der Waals surface area contributed by atoms with Crippen LogP contribution in [0.1, 0.15) is 12.8 Å². The van der Waals surface area contributed by atoms with Crippen molar-refractivity contribution in [3.63, 3.8) is 0 Å². The lowest BCUT2D eigenvalue weighted by molar-refractivity contribution is 0.479. The number of benzene rings is 1. The van der Waals surface area contributed by atoms with Crippen LogP contribution >= 0.6 is 0 Å². The molecule has 0 radical (unpaired) electrons. The molecule has 0 bridgehead atoms. The van der Waals surface area contributed by atoms with E-state index in [0.717, 1.165) is 31.6 Å². The van der Waals surface area contributed by atoms with E-state index in [4.69, 9.17) is 5.14 Å². The van der Waals surface area contributed by atoms with Crippen molar-refractivity contribution in [2.45, 2.75) is 18.9 Å². The highest BCUT2D eigenvalue weighted by molar-refractivity contribution is 7.90. The lowest BCUT2D eigenvalue weighted by Gasteiger charge is -2.24. The fourth-order valence-electron chi connectivity index (χ4n) is 2.04. The molecular formula is C11H18N4O2S. The van der Waals surface area contributed by atoms with E-state index in [1.165, 1.54) is 0 Å². The van der Waals surface area contributed by atoms with Gasteiger partial charge >= 0.3 is 0 Å². The summed E-state index contributed by atoms with van der Waals surface area (Å²) >= 11 is 0. The summed E-state index contributed by atoms with van der Waals surface area (Å²) in [7, 11) is -3.71. The van der Waals surface area contributed by atoms with Gasteiger partial charge in [-0.3, -0.25) is 4.72 Å². The molecule has 7 heteroatoms. The lowest BCUT2D eigenvalue weighted by atomic mass is 10.1. The van der Waals surface area contributed by atoms with Gasteiger partial charge in [0.25, 0.3) is 10.2 Å². The number of hydrogen-bond donors (Lipinski definition) is 4. The third kappa shape index (κ3) is 4.17. The monoisotopic (exact) mass is 270 g/mol. The normalized spacial score (nSPS) is 17.4. The molecule has 0 amide bonds. The number of rotatable bonds is 4. The molecule has 18 heavy (non-hydrogen) atoms. The summed E-state index contributed by atoms with van der Waals surface area (Å²) in [6.45, 7) is 2.01. The van der Waals surface area contributed by atoms with Gasteiger partial charge in [-0.1, -0.05) is 6.07 Å². The van der Waals surface area contributed by atoms with E-state index in [0.29, 0.717) is 11.7 Å². The summed E-state index contributed by atoms with van der Waals surface area (Å²) < 4.78 is 24.1. The molecule has 1 saturated heterocycles. The second-order valence-corrected chi connectivity index (χ2v) is 5.69. The molecule has 1 aromatic rings. The molecule has 0 aromatic heterocycles. The van der Waals surface area contributed by atoms with Crippen molar-refractivity contribution >= 4 is 21.6 Å². The van der Waals surface area contributed by atoms with Gasteiger partial charge in [-0.05, 0) is 44.1 Å².